The number of hydrogen-bond donors (Lipinski definition) is 0. The van der Waals surface area contributed by atoms with Crippen molar-refractivity contribution in [3.8, 4) is 134 Å². The molecule has 0 aliphatic heterocycles. The van der Waals surface area contributed by atoms with E-state index in [-0.39, 0.29) is 0 Å². The van der Waals surface area contributed by atoms with E-state index < -0.39 is 0 Å². The lowest BCUT2D eigenvalue weighted by Gasteiger charge is -2.18. The van der Waals surface area contributed by atoms with Crippen LogP contribution in [0.4, 0.5) is 0 Å². The van der Waals surface area contributed by atoms with Crippen LogP contribution in [-0.4, -0.2) is 29.9 Å². The fraction of sp³-hybridized carbons (Fsp3) is 0. The number of aromatic nitrogens is 6. The molecule has 6 heteroatoms. The third-order valence-corrected chi connectivity index (χ3v) is 17.0. The van der Waals surface area contributed by atoms with Crippen molar-refractivity contribution in [2.24, 2.45) is 0 Å². The lowest BCUT2D eigenvalue weighted by Crippen LogP contribution is -2.04. The van der Waals surface area contributed by atoms with Gasteiger partial charge in [-0.05, 0) is 66.8 Å². The van der Waals surface area contributed by atoms with E-state index in [1.807, 2.05) is 36.4 Å². The molecule has 0 atom stereocenters. The molecule has 16 aromatic rings. The number of fused-ring (bicyclic) bond motifs is 6. The molecule has 0 N–H and O–H groups in total. The molecule has 0 fully saturated rings. The highest BCUT2D eigenvalue weighted by Crippen LogP contribution is 2.43. The molecular weight excluding hydrogens is 1090 g/mol. The summed E-state index contributed by atoms with van der Waals surface area (Å²) < 4.78 is 0. The SMILES string of the molecule is c1ccc(-c2ccc(-c3nc4c5nc(-c6ccc(-c7ccccc7)cc6)c(-c6ccc(-c7ccccc7)cc6)nc5c5nc(-c6ccc(-c7ccccc7)cc6)c(-c6ccc(-c7ccccc7)cc6)nc5c4nc3-c3ccc(-c4ccccc4)cc3)cc2)cc1. The maximum Gasteiger partial charge on any atom is 0.120 e. The van der Waals surface area contributed by atoms with Crippen molar-refractivity contribution in [3.05, 3.63) is 328 Å². The standard InChI is InChI=1S/C84H54N6/c1-7-19-55(20-8-1)61-31-43-67(44-32-61)73-74(68-45-33-62(34-46-68)56-21-9-2-10-22-56)86-80-79(85-73)81-83(89-76(70-49-37-64(38-50-70)58-25-13-4-14-26-58)75(87-81)69-47-35-63(36-48-69)57-23-11-3-12-24-57)84-82(80)88-77(71-51-39-65(40-52-71)59-27-15-5-16-28-59)78(90-84)72-53-41-66(42-54-72)60-29-17-6-18-30-60/h1-54H. The molecule has 16 rings (SSSR count). The van der Waals surface area contributed by atoms with Crippen molar-refractivity contribution in [2.75, 3.05) is 0 Å². The van der Waals surface area contributed by atoms with E-state index in [1.165, 1.54) is 0 Å². The second kappa shape index (κ2) is 23.3. The molecule has 0 spiro atoms. The second-order valence-corrected chi connectivity index (χ2v) is 22.5. The molecule has 0 aliphatic rings. The van der Waals surface area contributed by atoms with Crippen LogP contribution in [0, 0.1) is 0 Å². The largest absolute Gasteiger partial charge is 0.241 e. The Bertz CT molecular complexity index is 4330. The fourth-order valence-corrected chi connectivity index (χ4v) is 12.2. The Kier molecular flexibility index (Phi) is 13.8. The molecule has 0 radical (unpaired) electrons. The van der Waals surface area contributed by atoms with E-state index in [2.05, 4.69) is 291 Å². The number of nitrogens with zero attached hydrogens (tertiary/aromatic N) is 6. The molecule has 3 heterocycles. The highest BCUT2D eigenvalue weighted by atomic mass is 14.9. The average molecular weight is 1150 g/mol. The molecule has 13 aromatic carbocycles. The van der Waals surface area contributed by atoms with Gasteiger partial charge < -0.3 is 0 Å². The van der Waals surface area contributed by atoms with Crippen LogP contribution in [0.2, 0.25) is 0 Å². The molecule has 0 saturated carbocycles. The van der Waals surface area contributed by atoms with E-state index in [4.69, 9.17) is 29.9 Å². The van der Waals surface area contributed by atoms with Crippen LogP contribution >= 0.6 is 0 Å². The molecule has 420 valence electrons. The molecule has 0 unspecified atom stereocenters. The van der Waals surface area contributed by atoms with Gasteiger partial charge in [0.1, 0.15) is 33.1 Å². The Morgan fingerprint density at radius 2 is 0.200 bits per heavy atom. The highest BCUT2D eigenvalue weighted by Gasteiger charge is 2.26. The first-order valence-electron chi connectivity index (χ1n) is 30.3. The summed E-state index contributed by atoms with van der Waals surface area (Å²) in [6.45, 7) is 0. The summed E-state index contributed by atoms with van der Waals surface area (Å²) in [4.78, 5) is 35.1. The Labute approximate surface area is 521 Å². The summed E-state index contributed by atoms with van der Waals surface area (Å²) in [6.07, 6.45) is 0. The molecule has 0 bridgehead atoms. The van der Waals surface area contributed by atoms with Crippen LogP contribution in [0.3, 0.4) is 0 Å². The first kappa shape index (κ1) is 53.4. The minimum atomic E-state index is 0.560. The molecular formula is C84H54N6. The van der Waals surface area contributed by atoms with Crippen molar-refractivity contribution in [2.45, 2.75) is 0 Å². The molecule has 6 nitrogen and oxygen atoms in total. The third-order valence-electron chi connectivity index (χ3n) is 17.0. The van der Waals surface area contributed by atoms with E-state index in [0.29, 0.717) is 67.3 Å². The molecule has 0 aliphatic carbocycles. The zero-order valence-corrected chi connectivity index (χ0v) is 48.9. The molecule has 0 amide bonds. The topological polar surface area (TPSA) is 77.3 Å². The minimum absolute atomic E-state index is 0.560. The van der Waals surface area contributed by atoms with Gasteiger partial charge in [0.05, 0.1) is 34.2 Å². The maximum atomic E-state index is 5.85. The van der Waals surface area contributed by atoms with Crippen LogP contribution in [0.5, 0.6) is 0 Å². The van der Waals surface area contributed by atoms with Gasteiger partial charge in [-0.1, -0.05) is 328 Å². The quantitative estimate of drug-likeness (QED) is 0.113. The van der Waals surface area contributed by atoms with Gasteiger partial charge in [-0.3, -0.25) is 0 Å². The van der Waals surface area contributed by atoms with E-state index in [9.17, 15) is 0 Å². The number of hydrogen-bond acceptors (Lipinski definition) is 6. The van der Waals surface area contributed by atoms with Gasteiger partial charge in [-0.25, -0.2) is 29.9 Å². The van der Waals surface area contributed by atoms with E-state index in [1.54, 1.807) is 0 Å². The van der Waals surface area contributed by atoms with Crippen molar-refractivity contribution >= 4 is 33.1 Å². The minimum Gasteiger partial charge on any atom is -0.241 e. The molecule has 0 saturated heterocycles. The fourth-order valence-electron chi connectivity index (χ4n) is 12.2. The van der Waals surface area contributed by atoms with E-state index >= 15 is 0 Å². The van der Waals surface area contributed by atoms with E-state index in [0.717, 1.165) is 100 Å². The van der Waals surface area contributed by atoms with Crippen LogP contribution < -0.4 is 0 Å². The summed E-state index contributed by atoms with van der Waals surface area (Å²) in [6, 6.07) is 115. The van der Waals surface area contributed by atoms with Crippen LogP contribution in [0.25, 0.3) is 167 Å². The first-order valence-corrected chi connectivity index (χ1v) is 30.3. The van der Waals surface area contributed by atoms with Gasteiger partial charge in [-0.2, -0.15) is 0 Å². The predicted molar refractivity (Wildman–Crippen MR) is 371 cm³/mol. The highest BCUT2D eigenvalue weighted by molar-refractivity contribution is 6.20. The van der Waals surface area contributed by atoms with Gasteiger partial charge in [0, 0.05) is 33.4 Å². The lowest BCUT2D eigenvalue weighted by atomic mass is 9.97. The van der Waals surface area contributed by atoms with Gasteiger partial charge >= 0.3 is 0 Å². The zero-order chi connectivity index (χ0) is 59.7. The van der Waals surface area contributed by atoms with Crippen LogP contribution in [0.15, 0.2) is 328 Å². The summed E-state index contributed by atoms with van der Waals surface area (Å²) in [5, 5.41) is 0. The number of rotatable bonds is 12. The Hall–Kier alpha value is -12.1. The van der Waals surface area contributed by atoms with Crippen LogP contribution in [0.1, 0.15) is 0 Å². The lowest BCUT2D eigenvalue weighted by molar-refractivity contribution is 1.24. The van der Waals surface area contributed by atoms with Gasteiger partial charge in [0.25, 0.3) is 0 Å². The second-order valence-electron chi connectivity index (χ2n) is 22.5. The summed E-state index contributed by atoms with van der Waals surface area (Å²) in [5.74, 6) is 0. The smallest absolute Gasteiger partial charge is 0.120 e. The molecule has 3 aromatic heterocycles. The first-order chi connectivity index (χ1) is 44.6. The number of benzene rings is 13. The Morgan fingerprint density at radius 1 is 0.100 bits per heavy atom. The maximum absolute atomic E-state index is 5.85. The van der Waals surface area contributed by atoms with Crippen LogP contribution in [-0.2, 0) is 0 Å². The van der Waals surface area contributed by atoms with Gasteiger partial charge in [0.2, 0.25) is 0 Å². The Morgan fingerprint density at radius 3 is 0.322 bits per heavy atom. The van der Waals surface area contributed by atoms with Crippen molar-refractivity contribution < 1.29 is 0 Å². The summed E-state index contributed by atoms with van der Waals surface area (Å²) >= 11 is 0. The molecule has 90 heavy (non-hydrogen) atoms. The van der Waals surface area contributed by atoms with Gasteiger partial charge in [-0.15, -0.1) is 0 Å². The average Bonchev–Trinajstić information content (AvgIpc) is 0.764. The van der Waals surface area contributed by atoms with Crippen molar-refractivity contribution in [1.29, 1.82) is 0 Å². The van der Waals surface area contributed by atoms with Crippen molar-refractivity contribution in [3.63, 3.8) is 0 Å². The summed E-state index contributed by atoms with van der Waals surface area (Å²) in [5.41, 5.74) is 26.3. The normalized spacial score (nSPS) is 11.3. The Balaban J connectivity index is 1.00. The summed E-state index contributed by atoms with van der Waals surface area (Å²) in [7, 11) is 0. The van der Waals surface area contributed by atoms with Crippen molar-refractivity contribution in [1.82, 2.24) is 29.9 Å². The zero-order valence-electron chi connectivity index (χ0n) is 48.9. The monoisotopic (exact) mass is 1150 g/mol. The third kappa shape index (κ3) is 10.2. The van der Waals surface area contributed by atoms with Gasteiger partial charge in [0.15, 0.2) is 0 Å². The predicted octanol–water partition coefficient (Wildman–Crippen LogP) is 21.5.